The lowest BCUT2D eigenvalue weighted by Crippen LogP contribution is -2.49. The summed E-state index contributed by atoms with van der Waals surface area (Å²) in [6.07, 6.45) is 0.622. The molecular weight excluding hydrogens is 428 g/mol. The SMILES string of the molecule is COC(=O)C(C(=O)OC)[C@H](C[C@H](c1ccccc1)[Si](C)(C)c1ccccc1)c1ccccc1. The summed E-state index contributed by atoms with van der Waals surface area (Å²) in [6, 6.07) is 30.7. The number of rotatable bonds is 9. The Morgan fingerprint density at radius 2 is 1.12 bits per heavy atom. The molecule has 0 heterocycles. The predicted molar refractivity (Wildman–Crippen MR) is 134 cm³/mol. The van der Waals surface area contributed by atoms with Crippen LogP contribution in [0.5, 0.6) is 0 Å². The zero-order valence-electron chi connectivity index (χ0n) is 19.7. The van der Waals surface area contributed by atoms with Gasteiger partial charge >= 0.3 is 11.9 Å². The lowest BCUT2D eigenvalue weighted by molar-refractivity contribution is -0.160. The number of esters is 2. The molecule has 0 fully saturated rings. The van der Waals surface area contributed by atoms with Crippen molar-refractivity contribution in [2.75, 3.05) is 14.2 Å². The monoisotopic (exact) mass is 460 g/mol. The first-order chi connectivity index (χ1) is 15.9. The van der Waals surface area contributed by atoms with E-state index in [1.165, 1.54) is 25.0 Å². The molecule has 5 heteroatoms. The molecule has 0 saturated heterocycles. The van der Waals surface area contributed by atoms with Crippen LogP contribution in [0.1, 0.15) is 29.0 Å². The quantitative estimate of drug-likeness (QED) is 0.254. The zero-order valence-corrected chi connectivity index (χ0v) is 20.7. The molecule has 2 atom stereocenters. The van der Waals surface area contributed by atoms with Crippen LogP contribution in [0.25, 0.3) is 0 Å². The predicted octanol–water partition coefficient (Wildman–Crippen LogP) is 5.06. The number of carbonyl (C=O) groups is 2. The van der Waals surface area contributed by atoms with E-state index >= 15 is 0 Å². The van der Waals surface area contributed by atoms with E-state index in [0.717, 1.165) is 5.56 Å². The summed E-state index contributed by atoms with van der Waals surface area (Å²) >= 11 is 0. The maximum atomic E-state index is 12.9. The van der Waals surface area contributed by atoms with E-state index in [1.807, 2.05) is 54.6 Å². The van der Waals surface area contributed by atoms with Gasteiger partial charge in [-0.2, -0.15) is 0 Å². The number of methoxy groups -OCH3 is 2. The van der Waals surface area contributed by atoms with E-state index in [1.54, 1.807) is 0 Å². The van der Waals surface area contributed by atoms with Crippen molar-refractivity contribution >= 4 is 25.2 Å². The fourth-order valence-electron chi connectivity index (χ4n) is 4.70. The van der Waals surface area contributed by atoms with Gasteiger partial charge in [0.05, 0.1) is 22.3 Å². The summed E-state index contributed by atoms with van der Waals surface area (Å²) in [4.78, 5) is 25.7. The molecule has 3 rings (SSSR count). The van der Waals surface area contributed by atoms with Gasteiger partial charge < -0.3 is 9.47 Å². The van der Waals surface area contributed by atoms with Crippen molar-refractivity contribution in [1.82, 2.24) is 0 Å². The lowest BCUT2D eigenvalue weighted by atomic mass is 9.81. The average Bonchev–Trinajstić information content (AvgIpc) is 2.87. The molecule has 0 bridgehead atoms. The van der Waals surface area contributed by atoms with Gasteiger partial charge in [-0.25, -0.2) is 0 Å². The molecule has 33 heavy (non-hydrogen) atoms. The van der Waals surface area contributed by atoms with Crippen molar-refractivity contribution < 1.29 is 19.1 Å². The Balaban J connectivity index is 2.15. The van der Waals surface area contributed by atoms with Crippen molar-refractivity contribution in [2.24, 2.45) is 5.92 Å². The summed E-state index contributed by atoms with van der Waals surface area (Å²) in [6.45, 7) is 4.71. The van der Waals surface area contributed by atoms with Gasteiger partial charge in [0.25, 0.3) is 0 Å². The van der Waals surface area contributed by atoms with Gasteiger partial charge in [-0.1, -0.05) is 109 Å². The molecule has 0 aliphatic carbocycles. The molecular formula is C28H32O4Si. The first-order valence-electron chi connectivity index (χ1n) is 11.2. The Kier molecular flexibility index (Phi) is 8.23. The molecule has 0 aromatic heterocycles. The van der Waals surface area contributed by atoms with Crippen molar-refractivity contribution in [2.45, 2.75) is 31.0 Å². The van der Waals surface area contributed by atoms with Crippen LogP contribution < -0.4 is 5.19 Å². The molecule has 0 aliphatic rings. The van der Waals surface area contributed by atoms with Gasteiger partial charge in [0, 0.05) is 5.92 Å². The summed E-state index contributed by atoms with van der Waals surface area (Å²) in [5.74, 6) is -2.55. The summed E-state index contributed by atoms with van der Waals surface area (Å²) in [5.41, 5.74) is 2.30. The van der Waals surface area contributed by atoms with Gasteiger partial charge in [-0.05, 0) is 23.1 Å². The first-order valence-corrected chi connectivity index (χ1v) is 14.3. The van der Waals surface area contributed by atoms with E-state index in [2.05, 4.69) is 49.5 Å². The average molecular weight is 461 g/mol. The Hall–Kier alpha value is -3.18. The minimum absolute atomic E-state index is 0.156. The minimum Gasteiger partial charge on any atom is -0.468 e. The van der Waals surface area contributed by atoms with Crippen LogP contribution in [0.15, 0.2) is 91.0 Å². The van der Waals surface area contributed by atoms with Crippen LogP contribution in [0.2, 0.25) is 13.1 Å². The van der Waals surface area contributed by atoms with E-state index in [9.17, 15) is 9.59 Å². The van der Waals surface area contributed by atoms with Crippen molar-refractivity contribution in [3.05, 3.63) is 102 Å². The molecule has 172 valence electrons. The standard InChI is InChI=1S/C28H32O4Si/c1-31-27(29)26(28(30)32-2)24(21-14-8-5-9-15-21)20-25(22-16-10-6-11-17-22)33(3,4)23-18-12-7-13-19-23/h5-19,24-26H,20H2,1-4H3/t24-,25-/m1/s1. The topological polar surface area (TPSA) is 52.6 Å². The molecule has 0 spiro atoms. The summed E-state index contributed by atoms with van der Waals surface area (Å²) in [7, 11) is 0.549. The van der Waals surface area contributed by atoms with Gasteiger partial charge in [0.1, 0.15) is 0 Å². The molecule has 3 aromatic rings. The Labute approximate surface area is 197 Å². The largest absolute Gasteiger partial charge is 0.468 e. The van der Waals surface area contributed by atoms with Gasteiger partial charge in [-0.15, -0.1) is 0 Å². The number of benzene rings is 3. The van der Waals surface area contributed by atoms with Gasteiger partial charge in [0.15, 0.2) is 5.92 Å². The highest BCUT2D eigenvalue weighted by Gasteiger charge is 2.43. The zero-order chi connectivity index (χ0) is 23.8. The minimum atomic E-state index is -2.09. The summed E-state index contributed by atoms with van der Waals surface area (Å²) in [5, 5.41) is 1.33. The van der Waals surface area contributed by atoms with Crippen LogP contribution in [0, 0.1) is 5.92 Å². The molecule has 0 amide bonds. The van der Waals surface area contributed by atoms with E-state index in [4.69, 9.17) is 9.47 Å². The van der Waals surface area contributed by atoms with Crippen molar-refractivity contribution in [3.63, 3.8) is 0 Å². The third-order valence-electron chi connectivity index (χ3n) is 6.62. The fraction of sp³-hybridized carbons (Fsp3) is 0.286. The highest BCUT2D eigenvalue weighted by Crippen LogP contribution is 2.40. The second kappa shape index (κ2) is 11.1. The molecule has 0 aliphatic heterocycles. The highest BCUT2D eigenvalue weighted by molar-refractivity contribution is 6.90. The number of hydrogen-bond acceptors (Lipinski definition) is 4. The van der Waals surface area contributed by atoms with Crippen LogP contribution in [-0.2, 0) is 19.1 Å². The van der Waals surface area contributed by atoms with Crippen LogP contribution in [0.3, 0.4) is 0 Å². The molecule has 0 saturated carbocycles. The highest BCUT2D eigenvalue weighted by atomic mass is 28.3. The third kappa shape index (κ3) is 5.60. The number of hydrogen-bond donors (Lipinski definition) is 0. The second-order valence-electron chi connectivity index (χ2n) is 8.83. The normalized spacial score (nSPS) is 13.2. The van der Waals surface area contributed by atoms with E-state index in [-0.39, 0.29) is 11.5 Å². The Morgan fingerprint density at radius 1 is 0.697 bits per heavy atom. The van der Waals surface area contributed by atoms with Gasteiger partial charge in [0.2, 0.25) is 0 Å². The van der Waals surface area contributed by atoms with Crippen molar-refractivity contribution in [1.29, 1.82) is 0 Å². The van der Waals surface area contributed by atoms with Crippen LogP contribution in [-0.4, -0.2) is 34.2 Å². The molecule has 0 unspecified atom stereocenters. The van der Waals surface area contributed by atoms with Crippen molar-refractivity contribution in [3.8, 4) is 0 Å². The van der Waals surface area contributed by atoms with Crippen LogP contribution >= 0.6 is 0 Å². The smallest absolute Gasteiger partial charge is 0.320 e. The fourth-order valence-corrected chi connectivity index (χ4v) is 8.02. The molecule has 3 aromatic carbocycles. The summed E-state index contributed by atoms with van der Waals surface area (Å²) < 4.78 is 10.1. The second-order valence-corrected chi connectivity index (χ2v) is 13.5. The third-order valence-corrected chi connectivity index (χ3v) is 10.8. The Bertz CT molecular complexity index is 1020. The molecule has 0 radical (unpaired) electrons. The van der Waals surface area contributed by atoms with Gasteiger partial charge in [-0.3, -0.25) is 9.59 Å². The lowest BCUT2D eigenvalue weighted by Gasteiger charge is -2.37. The number of ether oxygens (including phenoxy) is 2. The number of carbonyl (C=O) groups excluding carboxylic acids is 2. The maximum Gasteiger partial charge on any atom is 0.320 e. The first kappa shape index (κ1) is 24.5. The van der Waals surface area contributed by atoms with E-state index < -0.39 is 25.9 Å². The molecule has 0 N–H and O–H groups in total. The van der Waals surface area contributed by atoms with E-state index in [0.29, 0.717) is 6.42 Å². The van der Waals surface area contributed by atoms with Crippen LogP contribution in [0.4, 0.5) is 0 Å². The maximum absolute atomic E-state index is 12.9. The Morgan fingerprint density at radius 3 is 1.58 bits per heavy atom. The molecule has 4 nitrogen and oxygen atoms in total.